The summed E-state index contributed by atoms with van der Waals surface area (Å²) in [7, 11) is 0. The molecule has 4 nitrogen and oxygen atoms in total. The van der Waals surface area contributed by atoms with Gasteiger partial charge in [0, 0.05) is 11.6 Å². The van der Waals surface area contributed by atoms with E-state index in [1.54, 1.807) is 12.3 Å². The summed E-state index contributed by atoms with van der Waals surface area (Å²) in [6.45, 7) is 2.49. The Labute approximate surface area is 99.5 Å². The second-order valence-corrected chi connectivity index (χ2v) is 3.93. The van der Waals surface area contributed by atoms with Crippen molar-refractivity contribution in [3.63, 3.8) is 0 Å². The summed E-state index contributed by atoms with van der Waals surface area (Å²) < 4.78 is 5.20. The molecule has 1 aromatic heterocycles. The monoisotopic (exact) mass is 233 g/mol. The fourth-order valence-electron chi connectivity index (χ4n) is 1.67. The van der Waals surface area contributed by atoms with Gasteiger partial charge < -0.3 is 19.9 Å². The van der Waals surface area contributed by atoms with E-state index in [-0.39, 0.29) is 17.5 Å². The lowest BCUT2D eigenvalue weighted by atomic mass is 10.1. The molecule has 1 atom stereocenters. The second-order valence-electron chi connectivity index (χ2n) is 3.93. The van der Waals surface area contributed by atoms with Crippen LogP contribution in [0.15, 0.2) is 41.0 Å². The predicted molar refractivity (Wildman–Crippen MR) is 63.7 cm³/mol. The molecule has 0 aliphatic rings. The average molecular weight is 233 g/mol. The Morgan fingerprint density at radius 2 is 2.12 bits per heavy atom. The first-order valence-electron chi connectivity index (χ1n) is 5.44. The van der Waals surface area contributed by atoms with E-state index in [0.717, 1.165) is 5.76 Å². The van der Waals surface area contributed by atoms with Crippen LogP contribution >= 0.6 is 0 Å². The Morgan fingerprint density at radius 3 is 2.82 bits per heavy atom. The van der Waals surface area contributed by atoms with E-state index in [0.29, 0.717) is 12.1 Å². The van der Waals surface area contributed by atoms with Gasteiger partial charge in [0.15, 0.2) is 0 Å². The molecule has 0 fully saturated rings. The molecule has 1 unspecified atom stereocenters. The lowest BCUT2D eigenvalue weighted by molar-refractivity contribution is 0.428. The number of furan rings is 1. The highest BCUT2D eigenvalue weighted by Gasteiger charge is 2.11. The van der Waals surface area contributed by atoms with Crippen molar-refractivity contribution in [3.8, 4) is 11.5 Å². The van der Waals surface area contributed by atoms with Crippen molar-refractivity contribution in [2.45, 2.75) is 19.5 Å². The zero-order valence-corrected chi connectivity index (χ0v) is 9.55. The van der Waals surface area contributed by atoms with Gasteiger partial charge in [-0.3, -0.25) is 0 Å². The van der Waals surface area contributed by atoms with Gasteiger partial charge >= 0.3 is 0 Å². The van der Waals surface area contributed by atoms with Gasteiger partial charge in [0.2, 0.25) is 0 Å². The molecular weight excluding hydrogens is 218 g/mol. The van der Waals surface area contributed by atoms with Crippen molar-refractivity contribution in [2.75, 3.05) is 0 Å². The lowest BCUT2D eigenvalue weighted by Gasteiger charge is -2.15. The van der Waals surface area contributed by atoms with Crippen molar-refractivity contribution in [1.29, 1.82) is 0 Å². The first kappa shape index (κ1) is 11.5. The van der Waals surface area contributed by atoms with Gasteiger partial charge in [0.25, 0.3) is 0 Å². The fourth-order valence-corrected chi connectivity index (χ4v) is 1.67. The third-order valence-electron chi connectivity index (χ3n) is 2.64. The molecule has 0 aliphatic heterocycles. The third kappa shape index (κ3) is 2.79. The molecule has 0 saturated carbocycles. The molecule has 0 bridgehead atoms. The number of rotatable bonds is 4. The Kier molecular flexibility index (Phi) is 3.35. The number of hydrogen-bond acceptors (Lipinski definition) is 4. The number of benzene rings is 1. The summed E-state index contributed by atoms with van der Waals surface area (Å²) in [6, 6.07) is 8.12. The summed E-state index contributed by atoms with van der Waals surface area (Å²) in [5.41, 5.74) is 0.663. The number of phenolic OH excluding ortho intramolecular Hbond substituents is 2. The molecule has 2 aromatic rings. The van der Waals surface area contributed by atoms with E-state index in [2.05, 4.69) is 5.32 Å². The largest absolute Gasteiger partial charge is 0.508 e. The van der Waals surface area contributed by atoms with Gasteiger partial charge in [-0.15, -0.1) is 0 Å². The Hall–Kier alpha value is -1.94. The maximum Gasteiger partial charge on any atom is 0.120 e. The molecule has 3 N–H and O–H groups in total. The molecule has 0 saturated heterocycles. The Balaban J connectivity index is 2.04. The summed E-state index contributed by atoms with van der Waals surface area (Å²) in [5, 5.41) is 22.3. The first-order chi connectivity index (χ1) is 8.16. The average Bonchev–Trinajstić information content (AvgIpc) is 2.82. The van der Waals surface area contributed by atoms with Crippen molar-refractivity contribution >= 4 is 0 Å². The molecular formula is C13H15NO3. The topological polar surface area (TPSA) is 65.6 Å². The van der Waals surface area contributed by atoms with Crippen LogP contribution < -0.4 is 5.32 Å². The van der Waals surface area contributed by atoms with E-state index >= 15 is 0 Å². The fraction of sp³-hybridized carbons (Fsp3) is 0.231. The van der Waals surface area contributed by atoms with Crippen LogP contribution in [0.5, 0.6) is 11.5 Å². The Morgan fingerprint density at radius 1 is 1.29 bits per heavy atom. The van der Waals surface area contributed by atoms with Gasteiger partial charge in [-0.25, -0.2) is 0 Å². The standard InChI is InChI=1S/C13H15NO3/c1-9(14-8-11-3-2-6-17-11)12-7-10(15)4-5-13(12)16/h2-7,9,14-16H,8H2,1H3. The summed E-state index contributed by atoms with van der Waals surface area (Å²) in [5.74, 6) is 1.14. The van der Waals surface area contributed by atoms with Crippen LogP contribution in [0.4, 0.5) is 0 Å². The summed E-state index contributed by atoms with van der Waals surface area (Å²) >= 11 is 0. The molecule has 4 heteroatoms. The van der Waals surface area contributed by atoms with E-state index in [9.17, 15) is 10.2 Å². The van der Waals surface area contributed by atoms with Gasteiger partial charge in [-0.1, -0.05) is 0 Å². The predicted octanol–water partition coefficient (Wildman–Crippen LogP) is 2.54. The molecule has 0 aliphatic carbocycles. The van der Waals surface area contributed by atoms with Gasteiger partial charge in [0.1, 0.15) is 17.3 Å². The lowest BCUT2D eigenvalue weighted by Crippen LogP contribution is -2.17. The van der Waals surface area contributed by atoms with Crippen LogP contribution in [0.2, 0.25) is 0 Å². The van der Waals surface area contributed by atoms with Crippen LogP contribution in [0.1, 0.15) is 24.3 Å². The Bertz CT molecular complexity index is 479. The molecule has 90 valence electrons. The normalized spacial score (nSPS) is 12.5. The molecule has 2 rings (SSSR count). The SMILES string of the molecule is CC(NCc1ccco1)c1cc(O)ccc1O. The molecule has 0 radical (unpaired) electrons. The van der Waals surface area contributed by atoms with Crippen molar-refractivity contribution in [3.05, 3.63) is 47.9 Å². The number of phenols is 2. The van der Waals surface area contributed by atoms with Crippen LogP contribution in [-0.4, -0.2) is 10.2 Å². The molecule has 1 aromatic carbocycles. The number of aromatic hydroxyl groups is 2. The highest BCUT2D eigenvalue weighted by Crippen LogP contribution is 2.27. The molecule has 1 heterocycles. The molecule has 0 amide bonds. The highest BCUT2D eigenvalue weighted by molar-refractivity contribution is 5.40. The minimum Gasteiger partial charge on any atom is -0.508 e. The molecule has 17 heavy (non-hydrogen) atoms. The zero-order chi connectivity index (χ0) is 12.3. The van der Waals surface area contributed by atoms with Crippen molar-refractivity contribution in [2.24, 2.45) is 0 Å². The highest BCUT2D eigenvalue weighted by atomic mass is 16.3. The summed E-state index contributed by atoms with van der Waals surface area (Å²) in [6.07, 6.45) is 1.62. The van der Waals surface area contributed by atoms with E-state index < -0.39 is 0 Å². The third-order valence-corrected chi connectivity index (χ3v) is 2.64. The minimum atomic E-state index is -0.0767. The zero-order valence-electron chi connectivity index (χ0n) is 9.55. The number of nitrogens with one attached hydrogen (secondary N) is 1. The maximum atomic E-state index is 9.69. The summed E-state index contributed by atoms with van der Waals surface area (Å²) in [4.78, 5) is 0. The minimum absolute atomic E-state index is 0.0767. The van der Waals surface area contributed by atoms with Gasteiger partial charge in [0.05, 0.1) is 12.8 Å². The van der Waals surface area contributed by atoms with E-state index in [1.807, 2.05) is 19.1 Å². The molecule has 0 spiro atoms. The number of hydrogen-bond donors (Lipinski definition) is 3. The van der Waals surface area contributed by atoms with Crippen molar-refractivity contribution in [1.82, 2.24) is 5.32 Å². The van der Waals surface area contributed by atoms with Crippen LogP contribution in [0.3, 0.4) is 0 Å². The maximum absolute atomic E-state index is 9.69. The van der Waals surface area contributed by atoms with Crippen LogP contribution in [-0.2, 0) is 6.54 Å². The quantitative estimate of drug-likeness (QED) is 0.710. The van der Waals surface area contributed by atoms with Crippen LogP contribution in [0, 0.1) is 0 Å². The van der Waals surface area contributed by atoms with Crippen LogP contribution in [0.25, 0.3) is 0 Å². The van der Waals surface area contributed by atoms with E-state index in [1.165, 1.54) is 12.1 Å². The first-order valence-corrected chi connectivity index (χ1v) is 5.44. The smallest absolute Gasteiger partial charge is 0.120 e. The van der Waals surface area contributed by atoms with Gasteiger partial charge in [-0.2, -0.15) is 0 Å². The van der Waals surface area contributed by atoms with E-state index in [4.69, 9.17) is 4.42 Å². The second kappa shape index (κ2) is 4.93. The van der Waals surface area contributed by atoms with Gasteiger partial charge in [-0.05, 0) is 37.3 Å². The van der Waals surface area contributed by atoms with Crippen molar-refractivity contribution < 1.29 is 14.6 Å².